The highest BCUT2D eigenvalue weighted by molar-refractivity contribution is 6.03. The minimum Gasteiger partial charge on any atom is -0.356 e. The lowest BCUT2D eigenvalue weighted by Crippen LogP contribution is -2.35. The van der Waals surface area contributed by atoms with Crippen LogP contribution in [0.3, 0.4) is 0 Å². The number of amides is 3. The van der Waals surface area contributed by atoms with Crippen molar-refractivity contribution in [3.63, 3.8) is 0 Å². The summed E-state index contributed by atoms with van der Waals surface area (Å²) in [5.41, 5.74) is 0. The Labute approximate surface area is 131 Å². The molecule has 3 amide bonds. The summed E-state index contributed by atoms with van der Waals surface area (Å²) in [7, 11) is 0. The molecule has 1 rings (SSSR count). The predicted molar refractivity (Wildman–Crippen MR) is 81.9 cm³/mol. The third kappa shape index (κ3) is 6.37. The number of ketones is 1. The van der Waals surface area contributed by atoms with Gasteiger partial charge in [-0.05, 0) is 19.8 Å². The van der Waals surface area contributed by atoms with Crippen molar-refractivity contribution in [2.24, 2.45) is 5.92 Å². The van der Waals surface area contributed by atoms with Gasteiger partial charge in [-0.3, -0.25) is 19.3 Å². The molecule has 1 atom stereocenters. The van der Waals surface area contributed by atoms with Crippen LogP contribution in [0, 0.1) is 5.92 Å². The van der Waals surface area contributed by atoms with E-state index in [0.717, 1.165) is 25.7 Å². The second-order valence-corrected chi connectivity index (χ2v) is 5.95. The monoisotopic (exact) mass is 310 g/mol. The first-order valence-corrected chi connectivity index (χ1v) is 8.02. The van der Waals surface area contributed by atoms with Gasteiger partial charge in [0.2, 0.25) is 17.7 Å². The number of hydrogen-bond acceptors (Lipinski definition) is 4. The summed E-state index contributed by atoms with van der Waals surface area (Å²) in [6.45, 7) is 4.09. The van der Waals surface area contributed by atoms with E-state index < -0.39 is 0 Å². The van der Waals surface area contributed by atoms with E-state index >= 15 is 0 Å². The Morgan fingerprint density at radius 1 is 1.14 bits per heavy atom. The first kappa shape index (κ1) is 18.3. The molecule has 0 spiro atoms. The fourth-order valence-corrected chi connectivity index (χ4v) is 2.47. The Balaban J connectivity index is 2.06. The molecule has 1 unspecified atom stereocenters. The van der Waals surface area contributed by atoms with Crippen molar-refractivity contribution in [3.8, 4) is 0 Å². The fraction of sp³-hybridized carbons (Fsp3) is 0.750. The van der Waals surface area contributed by atoms with Gasteiger partial charge in [0.15, 0.2) is 0 Å². The van der Waals surface area contributed by atoms with E-state index in [9.17, 15) is 19.2 Å². The number of hydrogen-bond donors (Lipinski definition) is 1. The zero-order chi connectivity index (χ0) is 16.5. The van der Waals surface area contributed by atoms with Crippen molar-refractivity contribution in [2.45, 2.75) is 58.8 Å². The number of unbranched alkanes of at least 4 members (excludes halogenated alkanes) is 3. The molecule has 0 aromatic carbocycles. The van der Waals surface area contributed by atoms with Crippen LogP contribution >= 0.6 is 0 Å². The number of nitrogens with zero attached hydrogens (tertiary/aromatic N) is 1. The molecule has 6 nitrogen and oxygen atoms in total. The van der Waals surface area contributed by atoms with Gasteiger partial charge in [-0.1, -0.05) is 19.8 Å². The molecule has 1 N–H and O–H groups in total. The molecule has 124 valence electrons. The maximum atomic E-state index is 11.7. The van der Waals surface area contributed by atoms with E-state index in [1.807, 2.05) is 0 Å². The fourth-order valence-electron chi connectivity index (χ4n) is 2.47. The quantitative estimate of drug-likeness (QED) is 0.489. The number of Topliss-reactive ketones (excluding diaryl/α,β-unsaturated/α-hetero) is 1. The first-order chi connectivity index (χ1) is 10.4. The highest BCUT2D eigenvalue weighted by Crippen LogP contribution is 2.18. The Morgan fingerprint density at radius 3 is 2.41 bits per heavy atom. The molecule has 1 aliphatic heterocycles. The van der Waals surface area contributed by atoms with Gasteiger partial charge in [-0.2, -0.15) is 0 Å². The van der Waals surface area contributed by atoms with Crippen LogP contribution in [0.5, 0.6) is 0 Å². The van der Waals surface area contributed by atoms with E-state index in [2.05, 4.69) is 5.32 Å². The maximum absolute atomic E-state index is 11.7. The van der Waals surface area contributed by atoms with Gasteiger partial charge in [0.05, 0.1) is 0 Å². The largest absolute Gasteiger partial charge is 0.356 e. The lowest BCUT2D eigenvalue weighted by atomic mass is 10.1. The van der Waals surface area contributed by atoms with E-state index in [1.165, 1.54) is 4.90 Å². The van der Waals surface area contributed by atoms with Crippen molar-refractivity contribution in [1.29, 1.82) is 0 Å². The van der Waals surface area contributed by atoms with Crippen LogP contribution in [0.2, 0.25) is 0 Å². The second-order valence-electron chi connectivity index (χ2n) is 5.95. The molecule has 0 aliphatic carbocycles. The summed E-state index contributed by atoms with van der Waals surface area (Å²) in [4.78, 5) is 46.9. The summed E-state index contributed by atoms with van der Waals surface area (Å²) in [6.07, 6.45) is 4.79. The van der Waals surface area contributed by atoms with Crippen molar-refractivity contribution in [1.82, 2.24) is 10.2 Å². The molecule has 1 fully saturated rings. The summed E-state index contributed by atoms with van der Waals surface area (Å²) < 4.78 is 0. The molecule has 0 aromatic rings. The van der Waals surface area contributed by atoms with Gasteiger partial charge in [-0.15, -0.1) is 0 Å². The lowest BCUT2D eigenvalue weighted by Gasteiger charge is -2.13. The number of carbonyl (C=O) groups excluding carboxylic acids is 4. The standard InChI is InChI=1S/C16H26N2O4/c1-12-11-15(21)18(16(12)22)10-8-14(20)17-9-6-4-3-5-7-13(2)19/h12H,3-11H2,1-2H3,(H,17,20). The summed E-state index contributed by atoms with van der Waals surface area (Å²) >= 11 is 0. The normalized spacial score (nSPS) is 17.9. The van der Waals surface area contributed by atoms with Crippen molar-refractivity contribution in [3.05, 3.63) is 0 Å². The molecule has 6 heteroatoms. The third-order valence-corrected chi connectivity index (χ3v) is 3.81. The van der Waals surface area contributed by atoms with Crippen molar-refractivity contribution >= 4 is 23.5 Å². The van der Waals surface area contributed by atoms with Crippen molar-refractivity contribution in [2.75, 3.05) is 13.1 Å². The third-order valence-electron chi connectivity index (χ3n) is 3.81. The van der Waals surface area contributed by atoms with Crippen LogP contribution in [0.4, 0.5) is 0 Å². The average Bonchev–Trinajstić information content (AvgIpc) is 2.69. The number of likely N-dealkylation sites (tertiary alicyclic amines) is 1. The first-order valence-electron chi connectivity index (χ1n) is 8.02. The van der Waals surface area contributed by atoms with Gasteiger partial charge < -0.3 is 10.1 Å². The predicted octanol–water partition coefficient (Wildman–Crippen LogP) is 1.43. The van der Waals surface area contributed by atoms with E-state index in [4.69, 9.17) is 0 Å². The summed E-state index contributed by atoms with van der Waals surface area (Å²) in [6, 6.07) is 0. The van der Waals surface area contributed by atoms with E-state index in [-0.39, 0.29) is 48.8 Å². The highest BCUT2D eigenvalue weighted by atomic mass is 16.2. The minimum absolute atomic E-state index is 0.135. The van der Waals surface area contributed by atoms with Crippen LogP contribution in [0.15, 0.2) is 0 Å². The molecule has 0 saturated carbocycles. The van der Waals surface area contributed by atoms with Gasteiger partial charge in [0.1, 0.15) is 5.78 Å². The van der Waals surface area contributed by atoms with E-state index in [1.54, 1.807) is 13.8 Å². The molecule has 0 aromatic heterocycles. The van der Waals surface area contributed by atoms with Crippen LogP contribution in [0.1, 0.15) is 58.8 Å². The highest BCUT2D eigenvalue weighted by Gasteiger charge is 2.35. The van der Waals surface area contributed by atoms with Gasteiger partial charge in [0.25, 0.3) is 0 Å². The molecule has 1 heterocycles. The molecule has 0 bridgehead atoms. The molecular formula is C16H26N2O4. The van der Waals surface area contributed by atoms with Crippen molar-refractivity contribution < 1.29 is 19.2 Å². The van der Waals surface area contributed by atoms with Gasteiger partial charge >= 0.3 is 0 Å². The Kier molecular flexibility index (Phi) is 7.77. The smallest absolute Gasteiger partial charge is 0.232 e. The zero-order valence-electron chi connectivity index (χ0n) is 13.5. The molecule has 22 heavy (non-hydrogen) atoms. The summed E-state index contributed by atoms with van der Waals surface area (Å²) in [5, 5.41) is 2.79. The minimum atomic E-state index is -0.259. The molecule has 1 saturated heterocycles. The van der Waals surface area contributed by atoms with Crippen LogP contribution in [-0.4, -0.2) is 41.5 Å². The molecular weight excluding hydrogens is 284 g/mol. The average molecular weight is 310 g/mol. The molecule has 0 radical (unpaired) electrons. The number of carbonyl (C=O) groups is 4. The van der Waals surface area contributed by atoms with Crippen LogP contribution in [-0.2, 0) is 19.2 Å². The number of imide groups is 1. The molecule has 1 aliphatic rings. The Morgan fingerprint density at radius 2 is 1.82 bits per heavy atom. The maximum Gasteiger partial charge on any atom is 0.232 e. The topological polar surface area (TPSA) is 83.6 Å². The van der Waals surface area contributed by atoms with Gasteiger partial charge in [0, 0.05) is 38.3 Å². The zero-order valence-corrected chi connectivity index (χ0v) is 13.5. The summed E-state index contributed by atoms with van der Waals surface area (Å²) in [5.74, 6) is -0.540. The number of rotatable bonds is 10. The second kappa shape index (κ2) is 9.33. The Hall–Kier alpha value is -1.72. The van der Waals surface area contributed by atoms with Crippen LogP contribution < -0.4 is 5.32 Å². The SMILES string of the molecule is CC(=O)CCCCCCNC(=O)CCN1C(=O)CC(C)C1=O. The number of nitrogens with one attached hydrogen (secondary N) is 1. The lowest BCUT2D eigenvalue weighted by molar-refractivity contribution is -0.139. The van der Waals surface area contributed by atoms with Gasteiger partial charge in [-0.25, -0.2) is 0 Å². The van der Waals surface area contributed by atoms with E-state index in [0.29, 0.717) is 13.0 Å². The Bertz CT molecular complexity index is 434. The van der Waals surface area contributed by atoms with Crippen LogP contribution in [0.25, 0.3) is 0 Å².